The van der Waals surface area contributed by atoms with Crippen molar-refractivity contribution in [3.8, 4) is 0 Å². The highest BCUT2D eigenvalue weighted by Gasteiger charge is 2.26. The van der Waals surface area contributed by atoms with Gasteiger partial charge in [-0.2, -0.15) is 0 Å². The second-order valence-electron chi connectivity index (χ2n) is 5.35. The number of hydrogen-bond donors (Lipinski definition) is 1. The van der Waals surface area contributed by atoms with Crippen LogP contribution in [0.5, 0.6) is 0 Å². The molecule has 3 nitrogen and oxygen atoms in total. The summed E-state index contributed by atoms with van der Waals surface area (Å²) in [6, 6.07) is 1.06. The molecule has 108 valence electrons. The molecule has 0 amide bonds. The van der Waals surface area contributed by atoms with Crippen LogP contribution in [-0.2, 0) is 6.42 Å². The first-order valence-corrected chi connectivity index (χ1v) is 8.52. The number of anilines is 1. The zero-order chi connectivity index (χ0) is 13.8. The summed E-state index contributed by atoms with van der Waals surface area (Å²) in [7, 11) is 0. The van der Waals surface area contributed by atoms with Gasteiger partial charge in [0.05, 0.1) is 11.7 Å². The van der Waals surface area contributed by atoms with Crippen LogP contribution < -0.4 is 10.2 Å². The number of aryl methyl sites for hydroxylation is 1. The number of thiazole rings is 1. The Kier molecular flexibility index (Phi) is 5.22. The zero-order valence-electron chi connectivity index (χ0n) is 12.7. The lowest BCUT2D eigenvalue weighted by Crippen LogP contribution is -2.32. The summed E-state index contributed by atoms with van der Waals surface area (Å²) >= 11 is 1.92. The Morgan fingerprint density at radius 2 is 2.21 bits per heavy atom. The van der Waals surface area contributed by atoms with E-state index in [0.29, 0.717) is 12.1 Å². The van der Waals surface area contributed by atoms with Crippen molar-refractivity contribution in [1.82, 2.24) is 10.3 Å². The van der Waals surface area contributed by atoms with E-state index in [4.69, 9.17) is 4.98 Å². The minimum Gasteiger partial charge on any atom is -0.346 e. The minimum atomic E-state index is 0.481. The van der Waals surface area contributed by atoms with Gasteiger partial charge in [0.1, 0.15) is 0 Å². The van der Waals surface area contributed by atoms with Crippen molar-refractivity contribution in [2.75, 3.05) is 18.0 Å². The monoisotopic (exact) mass is 281 g/mol. The van der Waals surface area contributed by atoms with Crippen molar-refractivity contribution in [3.05, 3.63) is 10.6 Å². The molecule has 1 aliphatic rings. The smallest absolute Gasteiger partial charge is 0.186 e. The molecule has 1 aliphatic carbocycles. The van der Waals surface area contributed by atoms with E-state index in [1.807, 2.05) is 11.3 Å². The van der Waals surface area contributed by atoms with Crippen LogP contribution in [0.15, 0.2) is 0 Å². The summed E-state index contributed by atoms with van der Waals surface area (Å²) in [5.74, 6) is 0. The van der Waals surface area contributed by atoms with Crippen molar-refractivity contribution < 1.29 is 0 Å². The lowest BCUT2D eigenvalue weighted by Gasteiger charge is -2.26. The SMILES string of the molecule is CCNC1CCCc2sc(N(CC)C(C)CC)nc21. The predicted octanol–water partition coefficient (Wildman–Crippen LogP) is 3.75. The molecule has 2 atom stereocenters. The minimum absolute atomic E-state index is 0.481. The molecule has 2 unspecified atom stereocenters. The van der Waals surface area contributed by atoms with Crippen LogP contribution in [0.1, 0.15) is 63.6 Å². The summed E-state index contributed by atoms with van der Waals surface area (Å²) in [6.45, 7) is 11.0. The first kappa shape index (κ1) is 14.8. The number of fused-ring (bicyclic) bond motifs is 1. The standard InChI is InChI=1S/C15H27N3S/c1-5-11(4)18(7-3)15-17-14-12(16-6-2)9-8-10-13(14)19-15/h11-12,16H,5-10H2,1-4H3. The first-order valence-electron chi connectivity index (χ1n) is 7.70. The lowest BCUT2D eigenvalue weighted by molar-refractivity contribution is 0.465. The molecule has 0 radical (unpaired) electrons. The van der Waals surface area contributed by atoms with Crippen LogP contribution in [0.4, 0.5) is 5.13 Å². The number of hydrogen-bond acceptors (Lipinski definition) is 4. The highest BCUT2D eigenvalue weighted by Crippen LogP contribution is 2.37. The van der Waals surface area contributed by atoms with Crippen molar-refractivity contribution in [2.24, 2.45) is 0 Å². The van der Waals surface area contributed by atoms with Gasteiger partial charge >= 0.3 is 0 Å². The van der Waals surface area contributed by atoms with Crippen LogP contribution >= 0.6 is 11.3 Å². The van der Waals surface area contributed by atoms with Gasteiger partial charge in [-0.1, -0.05) is 13.8 Å². The van der Waals surface area contributed by atoms with Gasteiger partial charge in [0.15, 0.2) is 5.13 Å². The van der Waals surface area contributed by atoms with Gasteiger partial charge in [-0.15, -0.1) is 11.3 Å². The average Bonchev–Trinajstić information content (AvgIpc) is 2.84. The molecule has 0 saturated heterocycles. The fourth-order valence-corrected chi connectivity index (χ4v) is 4.16. The molecule has 19 heavy (non-hydrogen) atoms. The number of nitrogens with zero attached hydrogens (tertiary/aromatic N) is 2. The van der Waals surface area contributed by atoms with Gasteiger partial charge in [-0.05, 0) is 46.1 Å². The summed E-state index contributed by atoms with van der Waals surface area (Å²) in [5.41, 5.74) is 1.33. The number of aromatic nitrogens is 1. The van der Waals surface area contributed by atoms with Gasteiger partial charge in [-0.3, -0.25) is 0 Å². The number of nitrogens with one attached hydrogen (secondary N) is 1. The van der Waals surface area contributed by atoms with Crippen LogP contribution in [-0.4, -0.2) is 24.1 Å². The van der Waals surface area contributed by atoms with Crippen molar-refractivity contribution in [1.29, 1.82) is 0 Å². The Labute approximate surface area is 121 Å². The molecular weight excluding hydrogens is 254 g/mol. The van der Waals surface area contributed by atoms with Gasteiger partial charge in [0, 0.05) is 17.5 Å². The molecule has 4 heteroatoms. The fraction of sp³-hybridized carbons (Fsp3) is 0.800. The van der Waals surface area contributed by atoms with Crippen LogP contribution in [0.25, 0.3) is 0 Å². The first-order chi connectivity index (χ1) is 9.21. The molecule has 0 spiro atoms. The molecule has 0 fully saturated rings. The average molecular weight is 281 g/mol. The molecule has 0 bridgehead atoms. The Morgan fingerprint density at radius 3 is 2.84 bits per heavy atom. The third-order valence-corrected chi connectivity index (χ3v) is 5.27. The highest BCUT2D eigenvalue weighted by atomic mass is 32.1. The van der Waals surface area contributed by atoms with E-state index in [2.05, 4.69) is 37.9 Å². The molecule has 2 rings (SSSR count). The maximum atomic E-state index is 4.97. The number of rotatable bonds is 6. The second kappa shape index (κ2) is 6.71. The van der Waals surface area contributed by atoms with Crippen LogP contribution in [0, 0.1) is 0 Å². The van der Waals surface area contributed by atoms with Crippen LogP contribution in [0.3, 0.4) is 0 Å². The highest BCUT2D eigenvalue weighted by molar-refractivity contribution is 7.15. The molecule has 0 aliphatic heterocycles. The Balaban J connectivity index is 2.24. The molecule has 1 N–H and O–H groups in total. The lowest BCUT2D eigenvalue weighted by atomic mass is 9.98. The third-order valence-electron chi connectivity index (χ3n) is 4.10. The van der Waals surface area contributed by atoms with Crippen LogP contribution in [0.2, 0.25) is 0 Å². The van der Waals surface area contributed by atoms with E-state index in [9.17, 15) is 0 Å². The maximum Gasteiger partial charge on any atom is 0.186 e. The fourth-order valence-electron chi connectivity index (χ4n) is 2.83. The third kappa shape index (κ3) is 3.11. The summed E-state index contributed by atoms with van der Waals surface area (Å²) in [5, 5.41) is 4.81. The Hall–Kier alpha value is -0.610. The van der Waals surface area contributed by atoms with Gasteiger partial charge < -0.3 is 10.2 Å². The molecule has 0 aromatic carbocycles. The van der Waals surface area contributed by atoms with Gasteiger partial charge in [0.25, 0.3) is 0 Å². The zero-order valence-corrected chi connectivity index (χ0v) is 13.5. The predicted molar refractivity (Wildman–Crippen MR) is 84.2 cm³/mol. The van der Waals surface area contributed by atoms with Gasteiger partial charge in [0.2, 0.25) is 0 Å². The van der Waals surface area contributed by atoms with Gasteiger partial charge in [-0.25, -0.2) is 4.98 Å². The molecule has 0 saturated carbocycles. The van der Waals surface area contributed by atoms with E-state index < -0.39 is 0 Å². The topological polar surface area (TPSA) is 28.2 Å². The van der Waals surface area contributed by atoms with Crippen molar-refractivity contribution in [3.63, 3.8) is 0 Å². The quantitative estimate of drug-likeness (QED) is 0.860. The molecule has 1 aromatic rings. The summed E-state index contributed by atoms with van der Waals surface area (Å²) in [6.07, 6.45) is 4.92. The van der Waals surface area contributed by atoms with Crippen molar-refractivity contribution >= 4 is 16.5 Å². The van der Waals surface area contributed by atoms with E-state index in [-0.39, 0.29) is 0 Å². The van der Waals surface area contributed by atoms with Crippen molar-refractivity contribution in [2.45, 2.75) is 65.5 Å². The molecule has 1 aromatic heterocycles. The Morgan fingerprint density at radius 1 is 1.42 bits per heavy atom. The summed E-state index contributed by atoms with van der Waals surface area (Å²) < 4.78 is 0. The molecular formula is C15H27N3S. The van der Waals surface area contributed by atoms with E-state index >= 15 is 0 Å². The van der Waals surface area contributed by atoms with E-state index in [1.54, 1.807) is 0 Å². The summed E-state index contributed by atoms with van der Waals surface area (Å²) in [4.78, 5) is 8.93. The normalized spacial score (nSPS) is 20.1. The largest absolute Gasteiger partial charge is 0.346 e. The maximum absolute atomic E-state index is 4.97. The Bertz CT molecular complexity index is 402. The van der Waals surface area contributed by atoms with E-state index in [0.717, 1.165) is 13.1 Å². The van der Waals surface area contributed by atoms with E-state index in [1.165, 1.54) is 41.4 Å². The molecule has 1 heterocycles. The second-order valence-corrected chi connectivity index (χ2v) is 6.41.